The zero-order chi connectivity index (χ0) is 20.4. The largest absolute Gasteiger partial charge is 0.346 e. The Morgan fingerprint density at radius 3 is 2.52 bits per heavy atom. The van der Waals surface area contributed by atoms with Crippen molar-refractivity contribution in [2.45, 2.75) is 32.2 Å². The molecule has 1 aliphatic rings. The molecule has 1 aliphatic heterocycles. The first kappa shape index (κ1) is 19.4. The highest BCUT2D eigenvalue weighted by molar-refractivity contribution is 6.07. The summed E-state index contributed by atoms with van der Waals surface area (Å²) < 4.78 is 1.79. The number of carbonyl (C=O) groups is 1. The van der Waals surface area contributed by atoms with E-state index in [0.29, 0.717) is 18.0 Å². The molecule has 0 bridgehead atoms. The summed E-state index contributed by atoms with van der Waals surface area (Å²) >= 11 is 0. The summed E-state index contributed by atoms with van der Waals surface area (Å²) in [4.78, 5) is 27.5. The van der Waals surface area contributed by atoms with Gasteiger partial charge < -0.3 is 14.8 Å². The molecule has 2 aromatic carbocycles. The van der Waals surface area contributed by atoms with Gasteiger partial charge in [-0.2, -0.15) is 0 Å². The fourth-order valence-electron chi connectivity index (χ4n) is 4.41. The lowest BCUT2D eigenvalue weighted by atomic mass is 9.87. The molecule has 3 aromatic rings. The number of pyridine rings is 1. The second kappa shape index (κ2) is 8.21. The van der Waals surface area contributed by atoms with Gasteiger partial charge in [-0.05, 0) is 48.7 Å². The summed E-state index contributed by atoms with van der Waals surface area (Å²) in [5, 5.41) is 3.36. The highest BCUT2D eigenvalue weighted by Crippen LogP contribution is 2.30. The Kier molecular flexibility index (Phi) is 5.49. The van der Waals surface area contributed by atoms with E-state index < -0.39 is 0 Å². The number of amides is 1. The number of hydrogen-bond donors (Lipinski definition) is 1. The standard InChI is InChI=1S/C24H27N3O2/c1-3-27-22-10-9-18(24(29)26(2)19-7-5-4-6-8-19)15-21(22)20(16-23(27)28)17-11-13-25-14-12-17/h4-10,15-17,25H,3,11-14H2,1-2H3/p+1. The second-order valence-corrected chi connectivity index (χ2v) is 7.75. The molecule has 1 aromatic heterocycles. The van der Waals surface area contributed by atoms with Crippen LogP contribution in [0.25, 0.3) is 10.9 Å². The lowest BCUT2D eigenvalue weighted by molar-refractivity contribution is -0.663. The van der Waals surface area contributed by atoms with Crippen molar-refractivity contribution in [3.63, 3.8) is 0 Å². The van der Waals surface area contributed by atoms with Gasteiger partial charge in [0, 0.05) is 49.1 Å². The van der Waals surface area contributed by atoms with Gasteiger partial charge in [0.1, 0.15) is 0 Å². The molecule has 1 amide bonds. The van der Waals surface area contributed by atoms with E-state index >= 15 is 0 Å². The highest BCUT2D eigenvalue weighted by Gasteiger charge is 2.22. The van der Waals surface area contributed by atoms with E-state index in [4.69, 9.17) is 0 Å². The van der Waals surface area contributed by atoms with Gasteiger partial charge in [-0.25, -0.2) is 0 Å². The molecule has 5 heteroatoms. The Bertz CT molecular complexity index is 1080. The van der Waals surface area contributed by atoms with Gasteiger partial charge in [-0.15, -0.1) is 0 Å². The highest BCUT2D eigenvalue weighted by atomic mass is 16.2. The minimum atomic E-state index is -0.0460. The van der Waals surface area contributed by atoms with E-state index in [2.05, 4.69) is 5.32 Å². The Balaban J connectivity index is 1.82. The van der Waals surface area contributed by atoms with Crippen molar-refractivity contribution in [3.05, 3.63) is 76.1 Å². The van der Waals surface area contributed by atoms with Crippen molar-refractivity contribution in [3.8, 4) is 0 Å². The quantitative estimate of drug-likeness (QED) is 0.745. The maximum absolute atomic E-state index is 13.2. The number of aryl methyl sites for hydroxylation is 1. The fourth-order valence-corrected chi connectivity index (χ4v) is 4.41. The van der Waals surface area contributed by atoms with Crippen LogP contribution >= 0.6 is 0 Å². The lowest BCUT2D eigenvalue weighted by Crippen LogP contribution is -2.86. The van der Waals surface area contributed by atoms with E-state index in [1.165, 1.54) is 0 Å². The number of carbonyl (C=O) groups excluding carboxylic acids is 1. The number of benzene rings is 2. The van der Waals surface area contributed by atoms with Crippen LogP contribution < -0.4 is 15.8 Å². The maximum Gasteiger partial charge on any atom is 0.258 e. The Labute approximate surface area is 171 Å². The predicted molar refractivity (Wildman–Crippen MR) is 117 cm³/mol. The number of nitrogens with two attached hydrogens (primary N) is 1. The molecule has 0 radical (unpaired) electrons. The third kappa shape index (κ3) is 3.70. The van der Waals surface area contributed by atoms with Crippen molar-refractivity contribution < 1.29 is 10.1 Å². The monoisotopic (exact) mass is 390 g/mol. The molecule has 0 atom stereocenters. The number of hydrogen-bond acceptors (Lipinski definition) is 2. The molecule has 0 spiro atoms. The minimum Gasteiger partial charge on any atom is -0.346 e. The number of aromatic nitrogens is 1. The van der Waals surface area contributed by atoms with E-state index in [9.17, 15) is 9.59 Å². The Hall–Kier alpha value is -2.92. The third-order valence-corrected chi connectivity index (χ3v) is 6.03. The van der Waals surface area contributed by atoms with Gasteiger partial charge in [0.25, 0.3) is 11.5 Å². The maximum atomic E-state index is 13.2. The summed E-state index contributed by atoms with van der Waals surface area (Å²) in [7, 11) is 1.80. The van der Waals surface area contributed by atoms with Crippen LogP contribution in [0.4, 0.5) is 5.69 Å². The zero-order valence-electron chi connectivity index (χ0n) is 17.1. The van der Waals surface area contributed by atoms with E-state index in [0.717, 1.165) is 48.1 Å². The van der Waals surface area contributed by atoms with Gasteiger partial charge in [-0.3, -0.25) is 9.59 Å². The molecule has 150 valence electrons. The van der Waals surface area contributed by atoms with Crippen molar-refractivity contribution >= 4 is 22.5 Å². The number of anilines is 1. The number of piperidine rings is 1. The van der Waals surface area contributed by atoms with Crippen LogP contribution in [-0.2, 0) is 6.54 Å². The average molecular weight is 391 g/mol. The molecule has 5 nitrogen and oxygen atoms in total. The van der Waals surface area contributed by atoms with Gasteiger partial charge in [-0.1, -0.05) is 18.2 Å². The molecule has 2 heterocycles. The number of quaternary nitrogens is 1. The zero-order valence-corrected chi connectivity index (χ0v) is 17.1. The lowest BCUT2D eigenvalue weighted by Gasteiger charge is -2.24. The van der Waals surface area contributed by atoms with Crippen LogP contribution in [0, 0.1) is 0 Å². The molecule has 0 unspecified atom stereocenters. The normalized spacial score (nSPS) is 14.8. The molecule has 1 saturated heterocycles. The van der Waals surface area contributed by atoms with E-state index in [1.54, 1.807) is 22.6 Å². The van der Waals surface area contributed by atoms with E-state index in [1.807, 2.05) is 55.5 Å². The Morgan fingerprint density at radius 2 is 1.83 bits per heavy atom. The molecule has 4 rings (SSSR count). The van der Waals surface area contributed by atoms with Crippen molar-refractivity contribution in [2.24, 2.45) is 0 Å². The SMILES string of the molecule is CCn1c(=O)cc(C2CC[NH2+]CC2)c2cc(C(=O)N(C)c3ccccc3)ccc21. The smallest absolute Gasteiger partial charge is 0.258 e. The second-order valence-electron chi connectivity index (χ2n) is 7.75. The van der Waals surface area contributed by atoms with Gasteiger partial charge >= 0.3 is 0 Å². The Morgan fingerprint density at radius 1 is 1.10 bits per heavy atom. The van der Waals surface area contributed by atoms with Crippen molar-refractivity contribution in [2.75, 3.05) is 25.0 Å². The molecule has 0 aliphatic carbocycles. The number of nitrogens with zero attached hydrogens (tertiary/aromatic N) is 2. The topological polar surface area (TPSA) is 58.9 Å². The van der Waals surface area contributed by atoms with Crippen LogP contribution in [-0.4, -0.2) is 30.6 Å². The van der Waals surface area contributed by atoms with Crippen LogP contribution in [0.15, 0.2) is 59.4 Å². The first-order chi connectivity index (χ1) is 14.1. The van der Waals surface area contributed by atoms with Gasteiger partial charge in [0.05, 0.1) is 18.6 Å². The number of rotatable bonds is 4. The van der Waals surface area contributed by atoms with Crippen LogP contribution in [0.3, 0.4) is 0 Å². The van der Waals surface area contributed by atoms with Crippen LogP contribution in [0.1, 0.15) is 41.6 Å². The molecule has 29 heavy (non-hydrogen) atoms. The summed E-state index contributed by atoms with van der Waals surface area (Å²) in [6.45, 7) is 4.76. The van der Waals surface area contributed by atoms with Gasteiger partial charge in [0.15, 0.2) is 0 Å². The molecule has 1 fully saturated rings. The first-order valence-corrected chi connectivity index (χ1v) is 10.4. The fraction of sp³-hybridized carbons (Fsp3) is 0.333. The molecule has 0 saturated carbocycles. The molecular weight excluding hydrogens is 362 g/mol. The number of fused-ring (bicyclic) bond motifs is 1. The van der Waals surface area contributed by atoms with Crippen LogP contribution in [0.2, 0.25) is 0 Å². The predicted octanol–water partition coefficient (Wildman–Crippen LogP) is 2.74. The summed E-state index contributed by atoms with van der Waals surface area (Å²) in [6, 6.07) is 17.2. The summed E-state index contributed by atoms with van der Waals surface area (Å²) in [6.07, 6.45) is 2.12. The van der Waals surface area contributed by atoms with E-state index in [-0.39, 0.29) is 11.5 Å². The number of para-hydroxylation sites is 1. The summed E-state index contributed by atoms with van der Waals surface area (Å²) in [5.41, 5.74) is 3.57. The van der Waals surface area contributed by atoms with Crippen LogP contribution in [0.5, 0.6) is 0 Å². The van der Waals surface area contributed by atoms with Crippen molar-refractivity contribution in [1.82, 2.24) is 4.57 Å². The first-order valence-electron chi connectivity index (χ1n) is 10.4. The molecule has 2 N–H and O–H groups in total. The van der Waals surface area contributed by atoms with Crippen molar-refractivity contribution in [1.29, 1.82) is 0 Å². The summed E-state index contributed by atoms with van der Waals surface area (Å²) in [5.74, 6) is 0.328. The third-order valence-electron chi connectivity index (χ3n) is 6.03. The average Bonchev–Trinajstić information content (AvgIpc) is 2.78. The molecular formula is C24H28N3O2+. The van der Waals surface area contributed by atoms with Gasteiger partial charge in [0.2, 0.25) is 0 Å². The minimum absolute atomic E-state index is 0.0460.